The molecular formula is C44H26. The molecule has 0 radical (unpaired) electrons. The molecule has 0 aliphatic heterocycles. The van der Waals surface area contributed by atoms with Crippen molar-refractivity contribution < 1.29 is 0 Å². The fourth-order valence-corrected chi connectivity index (χ4v) is 7.83. The van der Waals surface area contributed by atoms with Gasteiger partial charge in [0, 0.05) is 0 Å². The summed E-state index contributed by atoms with van der Waals surface area (Å²) in [5, 5.41) is 15.8. The Morgan fingerprint density at radius 3 is 1.20 bits per heavy atom. The molecule has 0 spiro atoms. The van der Waals surface area contributed by atoms with Crippen LogP contribution < -0.4 is 0 Å². The highest BCUT2D eigenvalue weighted by Crippen LogP contribution is 2.47. The van der Waals surface area contributed by atoms with E-state index in [9.17, 15) is 0 Å². The van der Waals surface area contributed by atoms with Gasteiger partial charge in [0.2, 0.25) is 0 Å². The zero-order valence-corrected chi connectivity index (χ0v) is 24.0. The third-order valence-electron chi connectivity index (χ3n) is 9.77. The van der Waals surface area contributed by atoms with Crippen molar-refractivity contribution in [2.45, 2.75) is 0 Å². The van der Waals surface area contributed by atoms with Crippen molar-refractivity contribution >= 4 is 64.6 Å². The summed E-state index contributed by atoms with van der Waals surface area (Å²) in [4.78, 5) is 0. The summed E-state index contributed by atoms with van der Waals surface area (Å²) in [5.41, 5.74) is 7.67. The fourth-order valence-electron chi connectivity index (χ4n) is 7.83. The number of hydrogen-bond acceptors (Lipinski definition) is 0. The SMILES string of the molecule is c1ccc(-c2ccc3ccc4c(-c5cc6ccc(-c7ccccc7)c7ccc8cccc5c8c67)ccc5ccc2c3c54)cc1. The molecule has 10 aromatic carbocycles. The van der Waals surface area contributed by atoms with Gasteiger partial charge in [0.05, 0.1) is 0 Å². The minimum atomic E-state index is 1.26. The van der Waals surface area contributed by atoms with Crippen molar-refractivity contribution in [3.63, 3.8) is 0 Å². The predicted octanol–water partition coefficient (Wildman–Crippen LogP) is 12.5. The van der Waals surface area contributed by atoms with E-state index in [2.05, 4.69) is 158 Å². The van der Waals surface area contributed by atoms with Crippen LogP contribution in [-0.4, -0.2) is 0 Å². The van der Waals surface area contributed by atoms with E-state index in [-0.39, 0.29) is 0 Å². The lowest BCUT2D eigenvalue weighted by molar-refractivity contribution is 1.66. The summed E-state index contributed by atoms with van der Waals surface area (Å²) in [6.07, 6.45) is 0. The van der Waals surface area contributed by atoms with E-state index in [4.69, 9.17) is 0 Å². The Labute approximate surface area is 255 Å². The fraction of sp³-hybridized carbons (Fsp3) is 0. The van der Waals surface area contributed by atoms with E-state index >= 15 is 0 Å². The lowest BCUT2D eigenvalue weighted by atomic mass is 9.84. The molecule has 0 aliphatic carbocycles. The molecule has 0 heterocycles. The zero-order valence-electron chi connectivity index (χ0n) is 24.0. The van der Waals surface area contributed by atoms with Crippen LogP contribution in [0, 0.1) is 0 Å². The highest BCUT2D eigenvalue weighted by atomic mass is 14.2. The van der Waals surface area contributed by atoms with Crippen LogP contribution in [0.2, 0.25) is 0 Å². The number of rotatable bonds is 3. The van der Waals surface area contributed by atoms with Gasteiger partial charge in [0.15, 0.2) is 0 Å². The van der Waals surface area contributed by atoms with Crippen LogP contribution in [0.25, 0.3) is 98.0 Å². The van der Waals surface area contributed by atoms with Crippen molar-refractivity contribution in [1.29, 1.82) is 0 Å². The topological polar surface area (TPSA) is 0 Å². The van der Waals surface area contributed by atoms with E-state index in [1.54, 1.807) is 0 Å². The van der Waals surface area contributed by atoms with Crippen molar-refractivity contribution in [3.05, 3.63) is 158 Å². The van der Waals surface area contributed by atoms with Gasteiger partial charge in [-0.1, -0.05) is 152 Å². The molecule has 0 bridgehead atoms. The van der Waals surface area contributed by atoms with Crippen LogP contribution in [-0.2, 0) is 0 Å². The molecule has 10 aromatic rings. The van der Waals surface area contributed by atoms with E-state index in [1.165, 1.54) is 98.0 Å². The van der Waals surface area contributed by atoms with E-state index in [1.807, 2.05) is 0 Å². The van der Waals surface area contributed by atoms with Gasteiger partial charge in [-0.3, -0.25) is 0 Å². The molecule has 0 saturated heterocycles. The number of hydrogen-bond donors (Lipinski definition) is 0. The Balaban J connectivity index is 1.30. The summed E-state index contributed by atoms with van der Waals surface area (Å²) in [5.74, 6) is 0. The van der Waals surface area contributed by atoms with E-state index in [0.717, 1.165) is 0 Å². The van der Waals surface area contributed by atoms with Gasteiger partial charge in [-0.25, -0.2) is 0 Å². The van der Waals surface area contributed by atoms with Crippen molar-refractivity contribution in [3.8, 4) is 33.4 Å². The second-order valence-corrected chi connectivity index (χ2v) is 12.0. The summed E-state index contributed by atoms with van der Waals surface area (Å²) in [7, 11) is 0. The van der Waals surface area contributed by atoms with Crippen LogP contribution in [0.1, 0.15) is 0 Å². The Morgan fingerprint density at radius 2 is 0.636 bits per heavy atom. The van der Waals surface area contributed by atoms with Gasteiger partial charge >= 0.3 is 0 Å². The van der Waals surface area contributed by atoms with Crippen LogP contribution in [0.4, 0.5) is 0 Å². The molecule has 0 aliphatic rings. The van der Waals surface area contributed by atoms with Crippen LogP contribution >= 0.6 is 0 Å². The van der Waals surface area contributed by atoms with Gasteiger partial charge in [-0.15, -0.1) is 0 Å². The molecule has 0 nitrogen and oxygen atoms in total. The minimum absolute atomic E-state index is 1.26. The highest BCUT2D eigenvalue weighted by Gasteiger charge is 2.19. The average molecular weight is 555 g/mol. The second-order valence-electron chi connectivity index (χ2n) is 12.0. The zero-order chi connectivity index (χ0) is 28.8. The largest absolute Gasteiger partial charge is 0.0622 e. The van der Waals surface area contributed by atoms with Gasteiger partial charge in [0.1, 0.15) is 0 Å². The molecule has 0 saturated carbocycles. The van der Waals surface area contributed by atoms with Crippen molar-refractivity contribution in [2.24, 2.45) is 0 Å². The lowest BCUT2D eigenvalue weighted by Crippen LogP contribution is -1.92. The van der Waals surface area contributed by atoms with Crippen molar-refractivity contribution in [2.75, 3.05) is 0 Å². The predicted molar refractivity (Wildman–Crippen MR) is 190 cm³/mol. The Bertz CT molecular complexity index is 2680. The molecule has 44 heavy (non-hydrogen) atoms. The van der Waals surface area contributed by atoms with Gasteiger partial charge in [-0.05, 0) is 104 Å². The summed E-state index contributed by atoms with van der Waals surface area (Å²) < 4.78 is 0. The third kappa shape index (κ3) is 3.23. The quantitative estimate of drug-likeness (QED) is 0.191. The third-order valence-corrected chi connectivity index (χ3v) is 9.77. The molecule has 0 heteroatoms. The summed E-state index contributed by atoms with van der Waals surface area (Å²) in [6.45, 7) is 0. The smallest absolute Gasteiger partial charge is 0.00201 e. The Kier molecular flexibility index (Phi) is 4.81. The normalized spacial score (nSPS) is 12.1. The summed E-state index contributed by atoms with van der Waals surface area (Å²) >= 11 is 0. The van der Waals surface area contributed by atoms with Gasteiger partial charge in [0.25, 0.3) is 0 Å². The molecule has 0 aromatic heterocycles. The van der Waals surface area contributed by atoms with Gasteiger partial charge < -0.3 is 0 Å². The molecule has 0 unspecified atom stereocenters. The maximum Gasteiger partial charge on any atom is -0.00201 e. The molecule has 10 rings (SSSR count). The van der Waals surface area contributed by atoms with E-state index < -0.39 is 0 Å². The maximum atomic E-state index is 2.43. The standard InChI is InChI=1S/C44H26/c1-3-8-27(9-4-1)33-20-14-30-18-25-39-35(22-15-31-17-24-37(33)42(30)43(31)39)40-26-32-19-21-34(28-10-5-2-6-11-28)38-23-16-29-12-7-13-36(40)41(29)44(32)38/h1-26H. The molecule has 0 atom stereocenters. The molecule has 0 amide bonds. The molecule has 0 N–H and O–H groups in total. The highest BCUT2D eigenvalue weighted by molar-refractivity contribution is 6.31. The maximum absolute atomic E-state index is 2.43. The minimum Gasteiger partial charge on any atom is -0.0622 e. The van der Waals surface area contributed by atoms with Crippen LogP contribution in [0.3, 0.4) is 0 Å². The first-order valence-electron chi connectivity index (χ1n) is 15.4. The van der Waals surface area contributed by atoms with Gasteiger partial charge in [-0.2, -0.15) is 0 Å². The van der Waals surface area contributed by atoms with E-state index in [0.29, 0.717) is 0 Å². The Morgan fingerprint density at radius 1 is 0.227 bits per heavy atom. The average Bonchev–Trinajstić information content (AvgIpc) is 3.10. The first-order chi connectivity index (χ1) is 21.8. The molecule has 0 fully saturated rings. The summed E-state index contributed by atoms with van der Waals surface area (Å²) in [6, 6.07) is 58.5. The van der Waals surface area contributed by atoms with Crippen LogP contribution in [0.5, 0.6) is 0 Å². The first kappa shape index (κ1) is 23.8. The molecular weight excluding hydrogens is 528 g/mol. The monoisotopic (exact) mass is 554 g/mol. The molecule has 202 valence electrons. The second kappa shape index (κ2) is 8.89. The lowest BCUT2D eigenvalue weighted by Gasteiger charge is -2.19. The van der Waals surface area contributed by atoms with Crippen molar-refractivity contribution in [1.82, 2.24) is 0 Å². The number of benzene rings is 10. The first-order valence-corrected chi connectivity index (χ1v) is 15.4. The Hall–Kier alpha value is -5.72. The van der Waals surface area contributed by atoms with Crippen LogP contribution in [0.15, 0.2) is 158 Å².